The van der Waals surface area contributed by atoms with Gasteiger partial charge in [0.15, 0.2) is 0 Å². The lowest BCUT2D eigenvalue weighted by molar-refractivity contribution is -0.142. The Balaban J connectivity index is 3.07. The van der Waals surface area contributed by atoms with E-state index in [9.17, 15) is 29.1 Å². The van der Waals surface area contributed by atoms with Gasteiger partial charge in [0.25, 0.3) is 0 Å². The van der Waals surface area contributed by atoms with Crippen LogP contribution in [0.15, 0.2) is 30.3 Å². The Kier molecular flexibility index (Phi) is 12.8. The van der Waals surface area contributed by atoms with Gasteiger partial charge < -0.3 is 31.9 Å². The van der Waals surface area contributed by atoms with Crippen LogP contribution in [-0.2, 0) is 30.4 Å². The number of carboxylic acid groups (broad SMARTS) is 2. The fourth-order valence-electron chi connectivity index (χ4n) is 3.16. The summed E-state index contributed by atoms with van der Waals surface area (Å²) >= 11 is 1.44. The zero-order valence-electron chi connectivity index (χ0n) is 20.0. The molecule has 3 amide bonds. The number of nitrogens with one attached hydrogen (secondary N) is 3. The summed E-state index contributed by atoms with van der Waals surface area (Å²) in [5.41, 5.74) is 6.33. The van der Waals surface area contributed by atoms with Gasteiger partial charge in [0.05, 0.1) is 12.5 Å². The number of thioether (sulfide) groups is 1. The molecule has 35 heavy (non-hydrogen) atoms. The number of carbonyl (C=O) groups is 5. The highest BCUT2D eigenvalue weighted by Crippen LogP contribution is 2.09. The van der Waals surface area contributed by atoms with Gasteiger partial charge in [-0.15, -0.1) is 0 Å². The quantitative estimate of drug-likeness (QED) is 0.188. The van der Waals surface area contributed by atoms with E-state index in [1.807, 2.05) is 6.26 Å². The van der Waals surface area contributed by atoms with Crippen LogP contribution in [0.2, 0.25) is 0 Å². The molecular formula is C23H34N4O7S. The Morgan fingerprint density at radius 2 is 1.51 bits per heavy atom. The van der Waals surface area contributed by atoms with Crippen LogP contribution < -0.4 is 21.7 Å². The lowest BCUT2D eigenvalue weighted by Crippen LogP contribution is -2.59. The molecule has 12 heteroatoms. The van der Waals surface area contributed by atoms with Crippen LogP contribution in [0.5, 0.6) is 0 Å². The standard InChI is InChI=1S/C23H34N4O7S/c1-13(2)19(27-20(30)15(24)12-18(28)29)22(32)26-17(11-14-7-5-4-6-8-14)21(31)25-16(23(33)34)9-10-35-3/h4-8,13,15-17,19H,9-12,24H2,1-3H3,(H,25,31)(H,26,32)(H,27,30)(H,28,29)(H,33,34)/t15-,16-,17-,19-/m0/s1. The Morgan fingerprint density at radius 3 is 2.03 bits per heavy atom. The normalized spacial score (nSPS) is 14.3. The number of carbonyl (C=O) groups excluding carboxylic acids is 3. The van der Waals surface area contributed by atoms with Crippen molar-refractivity contribution < 1.29 is 34.2 Å². The predicted octanol–water partition coefficient (Wildman–Crippen LogP) is -0.0208. The molecule has 0 saturated heterocycles. The first kappa shape index (κ1) is 29.9. The minimum atomic E-state index is -1.35. The number of aliphatic carboxylic acids is 2. The number of hydrogen-bond donors (Lipinski definition) is 6. The van der Waals surface area contributed by atoms with E-state index < -0.39 is 66.2 Å². The van der Waals surface area contributed by atoms with Crippen LogP contribution in [0.3, 0.4) is 0 Å². The minimum absolute atomic E-state index is 0.0879. The highest BCUT2D eigenvalue weighted by Gasteiger charge is 2.32. The summed E-state index contributed by atoms with van der Waals surface area (Å²) in [6.07, 6.45) is 1.51. The lowest BCUT2D eigenvalue weighted by atomic mass is 10.00. The maximum absolute atomic E-state index is 13.1. The average Bonchev–Trinajstić information content (AvgIpc) is 2.79. The third-order valence-electron chi connectivity index (χ3n) is 5.12. The van der Waals surface area contributed by atoms with E-state index in [1.54, 1.807) is 44.2 Å². The SMILES string of the molecule is CSCC[C@H](NC(=O)[C@H](Cc1ccccc1)NC(=O)[C@@H](NC(=O)[C@@H](N)CC(=O)O)C(C)C)C(=O)O. The molecule has 0 aliphatic heterocycles. The van der Waals surface area contributed by atoms with Crippen LogP contribution in [0.25, 0.3) is 0 Å². The number of nitrogens with two attached hydrogens (primary N) is 1. The largest absolute Gasteiger partial charge is 0.481 e. The Hall–Kier alpha value is -3.12. The molecule has 4 atom stereocenters. The van der Waals surface area contributed by atoms with Crippen molar-refractivity contribution in [3.05, 3.63) is 35.9 Å². The average molecular weight is 511 g/mol. The van der Waals surface area contributed by atoms with Gasteiger partial charge in [0.1, 0.15) is 18.1 Å². The molecule has 194 valence electrons. The first-order valence-corrected chi connectivity index (χ1v) is 12.5. The Labute approximate surface area is 208 Å². The minimum Gasteiger partial charge on any atom is -0.481 e. The summed E-state index contributed by atoms with van der Waals surface area (Å²) < 4.78 is 0. The van der Waals surface area contributed by atoms with E-state index in [2.05, 4.69) is 16.0 Å². The molecule has 1 aromatic rings. The Bertz CT molecular complexity index is 882. The maximum Gasteiger partial charge on any atom is 0.326 e. The van der Waals surface area contributed by atoms with Crippen molar-refractivity contribution in [3.63, 3.8) is 0 Å². The lowest BCUT2D eigenvalue weighted by Gasteiger charge is -2.27. The second-order valence-electron chi connectivity index (χ2n) is 8.37. The molecule has 0 radical (unpaired) electrons. The first-order chi connectivity index (χ1) is 16.5. The van der Waals surface area contributed by atoms with E-state index in [4.69, 9.17) is 10.8 Å². The second kappa shape index (κ2) is 15.0. The summed E-state index contributed by atoms with van der Waals surface area (Å²) in [6, 6.07) is 4.18. The summed E-state index contributed by atoms with van der Waals surface area (Å²) in [6.45, 7) is 3.34. The number of benzene rings is 1. The molecule has 0 aromatic heterocycles. The molecule has 0 unspecified atom stereocenters. The van der Waals surface area contributed by atoms with E-state index in [1.165, 1.54) is 11.8 Å². The third-order valence-corrected chi connectivity index (χ3v) is 5.76. The van der Waals surface area contributed by atoms with Crippen molar-refractivity contribution in [2.45, 2.75) is 57.3 Å². The molecule has 0 aliphatic carbocycles. The molecule has 1 aromatic carbocycles. The van der Waals surface area contributed by atoms with Crippen molar-refractivity contribution in [1.29, 1.82) is 0 Å². The van der Waals surface area contributed by atoms with Crippen molar-refractivity contribution in [3.8, 4) is 0 Å². The summed E-state index contributed by atoms with van der Waals surface area (Å²) in [5, 5.41) is 25.9. The van der Waals surface area contributed by atoms with Crippen molar-refractivity contribution in [1.82, 2.24) is 16.0 Å². The number of amides is 3. The van der Waals surface area contributed by atoms with Crippen LogP contribution in [0.1, 0.15) is 32.3 Å². The molecule has 0 bridgehead atoms. The fourth-order valence-corrected chi connectivity index (χ4v) is 3.63. The van der Waals surface area contributed by atoms with Crippen LogP contribution in [0, 0.1) is 5.92 Å². The highest BCUT2D eigenvalue weighted by molar-refractivity contribution is 7.98. The number of hydrogen-bond acceptors (Lipinski definition) is 7. The van der Waals surface area contributed by atoms with Crippen molar-refractivity contribution in [2.75, 3.05) is 12.0 Å². The van der Waals surface area contributed by atoms with E-state index in [-0.39, 0.29) is 12.8 Å². The van der Waals surface area contributed by atoms with E-state index in [0.717, 1.165) is 5.56 Å². The van der Waals surface area contributed by atoms with Gasteiger partial charge in [0.2, 0.25) is 17.7 Å². The number of carboxylic acids is 2. The summed E-state index contributed by atoms with van der Waals surface area (Å²) in [7, 11) is 0. The van der Waals surface area contributed by atoms with Gasteiger partial charge >= 0.3 is 11.9 Å². The monoisotopic (exact) mass is 510 g/mol. The topological polar surface area (TPSA) is 188 Å². The van der Waals surface area contributed by atoms with E-state index in [0.29, 0.717) is 5.75 Å². The first-order valence-electron chi connectivity index (χ1n) is 11.1. The van der Waals surface area contributed by atoms with Gasteiger partial charge in [-0.3, -0.25) is 19.2 Å². The van der Waals surface area contributed by atoms with Gasteiger partial charge in [0, 0.05) is 6.42 Å². The molecule has 0 aliphatic rings. The summed E-state index contributed by atoms with van der Waals surface area (Å²) in [4.78, 5) is 60.8. The summed E-state index contributed by atoms with van der Waals surface area (Å²) in [5.74, 6) is -4.50. The third kappa shape index (κ3) is 10.8. The zero-order valence-corrected chi connectivity index (χ0v) is 20.8. The van der Waals surface area contributed by atoms with Crippen LogP contribution in [0.4, 0.5) is 0 Å². The maximum atomic E-state index is 13.1. The molecule has 1 rings (SSSR count). The Morgan fingerprint density at radius 1 is 0.914 bits per heavy atom. The van der Waals surface area contributed by atoms with Crippen LogP contribution >= 0.6 is 11.8 Å². The van der Waals surface area contributed by atoms with Gasteiger partial charge in [-0.2, -0.15) is 11.8 Å². The van der Waals surface area contributed by atoms with Crippen molar-refractivity contribution in [2.24, 2.45) is 11.7 Å². The molecule has 0 fully saturated rings. The molecule has 0 spiro atoms. The molecular weight excluding hydrogens is 476 g/mol. The molecule has 0 heterocycles. The van der Waals surface area contributed by atoms with Crippen LogP contribution in [-0.4, -0.2) is 76.0 Å². The van der Waals surface area contributed by atoms with Gasteiger partial charge in [-0.05, 0) is 29.9 Å². The van der Waals surface area contributed by atoms with Gasteiger partial charge in [-0.25, -0.2) is 4.79 Å². The highest BCUT2D eigenvalue weighted by atomic mass is 32.2. The van der Waals surface area contributed by atoms with Crippen molar-refractivity contribution >= 4 is 41.4 Å². The molecule has 0 saturated carbocycles. The second-order valence-corrected chi connectivity index (χ2v) is 9.35. The van der Waals surface area contributed by atoms with Gasteiger partial charge in [-0.1, -0.05) is 44.2 Å². The smallest absolute Gasteiger partial charge is 0.326 e. The van der Waals surface area contributed by atoms with E-state index >= 15 is 0 Å². The fraction of sp³-hybridized carbons (Fsp3) is 0.522. The molecule has 11 nitrogen and oxygen atoms in total. The zero-order chi connectivity index (χ0) is 26.5. The number of rotatable bonds is 15. The molecule has 7 N–H and O–H groups in total. The predicted molar refractivity (Wildman–Crippen MR) is 132 cm³/mol.